The van der Waals surface area contributed by atoms with Crippen molar-refractivity contribution in [3.05, 3.63) is 11.6 Å². The second-order valence-electron chi connectivity index (χ2n) is 1.91. The summed E-state index contributed by atoms with van der Waals surface area (Å²) < 4.78 is -1.53. The molecule has 0 saturated carbocycles. The van der Waals surface area contributed by atoms with Crippen LogP contribution in [-0.4, -0.2) is 14.9 Å². The molecule has 0 radical (unpaired) electrons. The van der Waals surface area contributed by atoms with Crippen LogP contribution in [0.3, 0.4) is 0 Å². The minimum absolute atomic E-state index is 0.0799. The second-order valence-corrected chi connectivity index (χ2v) is 4.43. The minimum atomic E-state index is -1.53. The maximum atomic E-state index is 10.4. The van der Waals surface area contributed by atoms with Crippen molar-refractivity contribution in [2.24, 2.45) is 0 Å². The van der Waals surface area contributed by atoms with Gasteiger partial charge in [-0.05, 0) is 6.92 Å². The molecule has 0 bridgehead atoms. The lowest BCUT2D eigenvalue weighted by Crippen LogP contribution is -2.10. The van der Waals surface area contributed by atoms with Crippen LogP contribution in [0.2, 0.25) is 0 Å². The quantitative estimate of drug-likeness (QED) is 0.570. The van der Waals surface area contributed by atoms with Crippen molar-refractivity contribution >= 4 is 40.8 Å². The van der Waals surface area contributed by atoms with Crippen LogP contribution >= 0.6 is 34.8 Å². The number of aliphatic carboxylic acids is 1. The number of hydrogen-bond donors (Lipinski definition) is 1. The molecule has 0 aromatic heterocycles. The van der Waals surface area contributed by atoms with Gasteiger partial charge in [0, 0.05) is 12.0 Å². The molecule has 0 unspecified atom stereocenters. The molecule has 5 heteroatoms. The van der Waals surface area contributed by atoms with Gasteiger partial charge in [0.2, 0.25) is 0 Å². The van der Waals surface area contributed by atoms with Crippen molar-refractivity contribution < 1.29 is 9.90 Å². The number of halogens is 3. The molecule has 0 aliphatic rings. The van der Waals surface area contributed by atoms with Crippen LogP contribution in [0.25, 0.3) is 0 Å². The number of carbonyl (C=O) groups is 1. The molecular formula is C6H7Cl3O2. The van der Waals surface area contributed by atoms with E-state index in [1.165, 1.54) is 6.08 Å². The zero-order valence-corrected chi connectivity index (χ0v) is 8.04. The van der Waals surface area contributed by atoms with Gasteiger partial charge in [-0.15, -0.1) is 0 Å². The van der Waals surface area contributed by atoms with Crippen molar-refractivity contribution in [2.45, 2.75) is 17.1 Å². The van der Waals surface area contributed by atoms with Crippen molar-refractivity contribution in [1.82, 2.24) is 0 Å². The van der Waals surface area contributed by atoms with Gasteiger partial charge in [0.15, 0.2) is 3.79 Å². The standard InChI is InChI=1S/C6H7Cl3O2/c1-2-4(5(10)11)3-6(7,8)9/h2H,3H2,1H3,(H,10,11)/b4-2+. The summed E-state index contributed by atoms with van der Waals surface area (Å²) in [6.07, 6.45) is 1.33. The van der Waals surface area contributed by atoms with Crippen LogP contribution in [0.5, 0.6) is 0 Å². The van der Waals surface area contributed by atoms with Gasteiger partial charge < -0.3 is 5.11 Å². The van der Waals surface area contributed by atoms with E-state index in [4.69, 9.17) is 39.9 Å². The smallest absolute Gasteiger partial charge is 0.331 e. The van der Waals surface area contributed by atoms with Gasteiger partial charge in [-0.25, -0.2) is 4.79 Å². The van der Waals surface area contributed by atoms with Gasteiger partial charge >= 0.3 is 5.97 Å². The van der Waals surface area contributed by atoms with Crippen molar-refractivity contribution in [2.75, 3.05) is 0 Å². The minimum Gasteiger partial charge on any atom is -0.478 e. The molecule has 0 atom stereocenters. The number of allylic oxidation sites excluding steroid dienone is 1. The van der Waals surface area contributed by atoms with E-state index in [2.05, 4.69) is 0 Å². The molecule has 0 spiro atoms. The Kier molecular flexibility index (Phi) is 4.22. The molecule has 1 N–H and O–H groups in total. The molecule has 0 aliphatic carbocycles. The van der Waals surface area contributed by atoms with Gasteiger partial charge in [0.1, 0.15) is 0 Å². The molecule has 0 saturated heterocycles. The first-order valence-corrected chi connectivity index (χ1v) is 3.95. The van der Waals surface area contributed by atoms with Gasteiger partial charge in [-0.1, -0.05) is 40.9 Å². The summed E-state index contributed by atoms with van der Waals surface area (Å²) in [5.74, 6) is -1.06. The highest BCUT2D eigenvalue weighted by Gasteiger charge is 2.24. The fourth-order valence-electron chi connectivity index (χ4n) is 0.517. The lowest BCUT2D eigenvalue weighted by molar-refractivity contribution is -0.132. The van der Waals surface area contributed by atoms with E-state index in [0.29, 0.717) is 0 Å². The molecule has 0 heterocycles. The van der Waals surface area contributed by atoms with E-state index >= 15 is 0 Å². The number of carboxylic acids is 1. The summed E-state index contributed by atoms with van der Waals surface area (Å²) in [5.41, 5.74) is 0.102. The Morgan fingerprint density at radius 3 is 2.09 bits per heavy atom. The van der Waals surface area contributed by atoms with E-state index in [1.54, 1.807) is 6.92 Å². The molecule has 0 rings (SSSR count). The average Bonchev–Trinajstić information content (AvgIpc) is 1.80. The third kappa shape index (κ3) is 5.36. The fraction of sp³-hybridized carbons (Fsp3) is 0.500. The average molecular weight is 217 g/mol. The van der Waals surface area contributed by atoms with Crippen molar-refractivity contribution in [1.29, 1.82) is 0 Å². The molecule has 0 aliphatic heterocycles. The van der Waals surface area contributed by atoms with Crippen LogP contribution in [0.1, 0.15) is 13.3 Å². The Labute approximate surface area is 79.7 Å². The van der Waals surface area contributed by atoms with E-state index in [9.17, 15) is 4.79 Å². The molecule has 0 aromatic carbocycles. The van der Waals surface area contributed by atoms with Gasteiger partial charge in [0.25, 0.3) is 0 Å². The highest BCUT2D eigenvalue weighted by molar-refractivity contribution is 6.67. The first kappa shape index (κ1) is 11.1. The number of rotatable bonds is 2. The SMILES string of the molecule is C/C=C(\CC(Cl)(Cl)Cl)C(=O)O. The van der Waals surface area contributed by atoms with Crippen LogP contribution in [0.15, 0.2) is 11.6 Å². The highest BCUT2D eigenvalue weighted by Crippen LogP contribution is 2.33. The van der Waals surface area contributed by atoms with Crippen molar-refractivity contribution in [3.8, 4) is 0 Å². The summed E-state index contributed by atoms with van der Waals surface area (Å²) in [6.45, 7) is 1.58. The number of hydrogen-bond acceptors (Lipinski definition) is 1. The molecular weight excluding hydrogens is 210 g/mol. The number of carboxylic acid groups (broad SMARTS) is 1. The molecule has 0 amide bonds. The lowest BCUT2D eigenvalue weighted by atomic mass is 10.2. The Morgan fingerprint density at radius 2 is 2.00 bits per heavy atom. The van der Waals surface area contributed by atoms with Gasteiger partial charge in [-0.3, -0.25) is 0 Å². The first-order valence-electron chi connectivity index (χ1n) is 2.82. The summed E-state index contributed by atoms with van der Waals surface area (Å²) in [4.78, 5) is 10.4. The molecule has 11 heavy (non-hydrogen) atoms. The Balaban J connectivity index is 4.24. The maximum Gasteiger partial charge on any atom is 0.331 e. The summed E-state index contributed by atoms with van der Waals surface area (Å²) in [5, 5.41) is 8.49. The Bertz CT molecular complexity index is 181. The maximum absolute atomic E-state index is 10.4. The van der Waals surface area contributed by atoms with E-state index in [0.717, 1.165) is 0 Å². The highest BCUT2D eigenvalue weighted by atomic mass is 35.6. The van der Waals surface area contributed by atoms with Crippen LogP contribution in [0, 0.1) is 0 Å². The topological polar surface area (TPSA) is 37.3 Å². The molecule has 64 valence electrons. The van der Waals surface area contributed by atoms with E-state index in [-0.39, 0.29) is 12.0 Å². The summed E-state index contributed by atoms with van der Waals surface area (Å²) in [6, 6.07) is 0. The third-order valence-electron chi connectivity index (χ3n) is 1.01. The second kappa shape index (κ2) is 4.19. The normalized spacial score (nSPS) is 13.3. The summed E-state index contributed by atoms with van der Waals surface area (Å²) >= 11 is 16.1. The van der Waals surface area contributed by atoms with E-state index < -0.39 is 9.76 Å². The monoisotopic (exact) mass is 216 g/mol. The third-order valence-corrected chi connectivity index (χ3v) is 1.41. The van der Waals surface area contributed by atoms with Crippen LogP contribution in [-0.2, 0) is 4.79 Å². The molecule has 0 aromatic rings. The zero-order valence-electron chi connectivity index (χ0n) is 5.77. The number of alkyl halides is 3. The Hall–Kier alpha value is 0.0800. The first-order chi connectivity index (χ1) is 4.87. The fourth-order valence-corrected chi connectivity index (χ4v) is 0.949. The van der Waals surface area contributed by atoms with Crippen LogP contribution < -0.4 is 0 Å². The molecule has 2 nitrogen and oxygen atoms in total. The predicted molar refractivity (Wildman–Crippen MR) is 46.3 cm³/mol. The van der Waals surface area contributed by atoms with Gasteiger partial charge in [0.05, 0.1) is 0 Å². The van der Waals surface area contributed by atoms with Gasteiger partial charge in [-0.2, -0.15) is 0 Å². The van der Waals surface area contributed by atoms with Crippen LogP contribution in [0.4, 0.5) is 0 Å². The molecule has 0 fully saturated rings. The lowest BCUT2D eigenvalue weighted by Gasteiger charge is -2.09. The summed E-state index contributed by atoms with van der Waals surface area (Å²) in [7, 11) is 0. The zero-order chi connectivity index (χ0) is 9.07. The van der Waals surface area contributed by atoms with E-state index in [1.807, 2.05) is 0 Å². The van der Waals surface area contributed by atoms with Crippen molar-refractivity contribution in [3.63, 3.8) is 0 Å². The Morgan fingerprint density at radius 1 is 1.55 bits per heavy atom. The largest absolute Gasteiger partial charge is 0.478 e. The predicted octanol–water partition coefficient (Wildman–Crippen LogP) is 2.78.